The van der Waals surface area contributed by atoms with Gasteiger partial charge >= 0.3 is 0 Å². The van der Waals surface area contributed by atoms with Crippen molar-refractivity contribution < 1.29 is 4.79 Å². The van der Waals surface area contributed by atoms with Crippen molar-refractivity contribution in [2.75, 3.05) is 0 Å². The molecule has 0 aliphatic carbocycles. The van der Waals surface area contributed by atoms with Gasteiger partial charge in [-0.3, -0.25) is 4.79 Å². The molecule has 1 rings (SSSR count). The Morgan fingerprint density at radius 1 is 1.57 bits per heavy atom. The molecule has 1 atom stereocenters. The van der Waals surface area contributed by atoms with Gasteiger partial charge in [0.15, 0.2) is 0 Å². The maximum Gasteiger partial charge on any atom is 0.133 e. The van der Waals surface area contributed by atoms with Crippen LogP contribution in [0.4, 0.5) is 0 Å². The summed E-state index contributed by atoms with van der Waals surface area (Å²) in [6.07, 6.45) is 0.866. The highest BCUT2D eigenvalue weighted by atomic mass is 79.9. The number of thiophene rings is 1. The average molecular weight is 275 g/mol. The van der Waals surface area contributed by atoms with Crippen molar-refractivity contribution >= 4 is 33.0 Å². The SMILES string of the molecule is CC(=O)C(Cc1sccc1Br)C(C)C. The molecule has 0 N–H and O–H groups in total. The van der Waals surface area contributed by atoms with Gasteiger partial charge in [-0.05, 0) is 46.6 Å². The predicted octanol–water partition coefficient (Wildman–Crippen LogP) is 3.91. The van der Waals surface area contributed by atoms with Crippen molar-refractivity contribution in [3.63, 3.8) is 0 Å². The van der Waals surface area contributed by atoms with E-state index < -0.39 is 0 Å². The summed E-state index contributed by atoms with van der Waals surface area (Å²) < 4.78 is 1.13. The zero-order chi connectivity index (χ0) is 10.7. The molecular formula is C11H15BrOS. The third-order valence-electron chi connectivity index (χ3n) is 2.42. The van der Waals surface area contributed by atoms with Crippen LogP contribution in [0.3, 0.4) is 0 Å². The van der Waals surface area contributed by atoms with Crippen molar-refractivity contribution in [1.29, 1.82) is 0 Å². The van der Waals surface area contributed by atoms with Crippen molar-refractivity contribution in [2.45, 2.75) is 27.2 Å². The van der Waals surface area contributed by atoms with Crippen LogP contribution in [0.2, 0.25) is 0 Å². The molecule has 3 heteroatoms. The Morgan fingerprint density at radius 3 is 2.57 bits per heavy atom. The van der Waals surface area contributed by atoms with Gasteiger partial charge in [-0.25, -0.2) is 0 Å². The molecule has 0 saturated carbocycles. The van der Waals surface area contributed by atoms with E-state index in [1.165, 1.54) is 4.88 Å². The lowest BCUT2D eigenvalue weighted by molar-refractivity contribution is -0.121. The lowest BCUT2D eigenvalue weighted by Gasteiger charge is -2.16. The Hall–Kier alpha value is -0.150. The van der Waals surface area contributed by atoms with E-state index in [1.807, 2.05) is 6.07 Å². The number of carbonyl (C=O) groups is 1. The number of hydrogen-bond donors (Lipinski definition) is 0. The lowest BCUT2D eigenvalue weighted by Crippen LogP contribution is -2.19. The molecule has 1 nitrogen and oxygen atoms in total. The summed E-state index contributed by atoms with van der Waals surface area (Å²) >= 11 is 5.21. The molecule has 0 amide bonds. The van der Waals surface area contributed by atoms with Crippen LogP contribution < -0.4 is 0 Å². The molecule has 0 bridgehead atoms. The van der Waals surface area contributed by atoms with Crippen LogP contribution in [-0.2, 0) is 11.2 Å². The van der Waals surface area contributed by atoms with E-state index >= 15 is 0 Å². The topological polar surface area (TPSA) is 17.1 Å². The van der Waals surface area contributed by atoms with Gasteiger partial charge in [0.05, 0.1) is 0 Å². The van der Waals surface area contributed by atoms with Gasteiger partial charge in [-0.2, -0.15) is 0 Å². The molecular weight excluding hydrogens is 260 g/mol. The Labute approximate surface area is 97.7 Å². The van der Waals surface area contributed by atoms with Crippen molar-refractivity contribution in [1.82, 2.24) is 0 Å². The van der Waals surface area contributed by atoms with Crippen molar-refractivity contribution in [3.05, 3.63) is 20.8 Å². The third kappa shape index (κ3) is 2.92. The van der Waals surface area contributed by atoms with Gasteiger partial charge in [0, 0.05) is 15.3 Å². The normalized spacial score (nSPS) is 13.2. The highest BCUT2D eigenvalue weighted by molar-refractivity contribution is 9.10. The van der Waals surface area contributed by atoms with E-state index in [9.17, 15) is 4.79 Å². The standard InChI is InChI=1S/C11H15BrOS/c1-7(2)9(8(3)13)6-11-10(12)4-5-14-11/h4-5,7,9H,6H2,1-3H3. The molecule has 1 aromatic heterocycles. The van der Waals surface area contributed by atoms with E-state index in [2.05, 4.69) is 35.2 Å². The number of carbonyl (C=O) groups excluding carboxylic acids is 1. The highest BCUT2D eigenvalue weighted by Gasteiger charge is 2.20. The molecule has 1 unspecified atom stereocenters. The minimum Gasteiger partial charge on any atom is -0.300 e. The molecule has 14 heavy (non-hydrogen) atoms. The van der Waals surface area contributed by atoms with E-state index in [4.69, 9.17) is 0 Å². The van der Waals surface area contributed by atoms with Crippen LogP contribution in [0.1, 0.15) is 25.6 Å². The first kappa shape index (κ1) is 11.9. The van der Waals surface area contributed by atoms with Crippen LogP contribution in [0.15, 0.2) is 15.9 Å². The van der Waals surface area contributed by atoms with Crippen LogP contribution in [0.5, 0.6) is 0 Å². The summed E-state index contributed by atoms with van der Waals surface area (Å²) in [7, 11) is 0. The quantitative estimate of drug-likeness (QED) is 0.814. The largest absolute Gasteiger partial charge is 0.300 e. The number of Topliss-reactive ketones (excluding diaryl/α,β-unsaturated/α-hetero) is 1. The van der Waals surface area contributed by atoms with E-state index in [-0.39, 0.29) is 5.92 Å². The second kappa shape index (κ2) is 5.08. The van der Waals surface area contributed by atoms with E-state index in [1.54, 1.807) is 18.3 Å². The van der Waals surface area contributed by atoms with Crippen LogP contribution in [0.25, 0.3) is 0 Å². The Morgan fingerprint density at radius 2 is 2.21 bits per heavy atom. The second-order valence-corrected chi connectivity index (χ2v) is 5.71. The van der Waals surface area contributed by atoms with Gasteiger partial charge in [-0.15, -0.1) is 11.3 Å². The monoisotopic (exact) mass is 274 g/mol. The first-order chi connectivity index (χ1) is 6.52. The first-order valence-corrected chi connectivity index (χ1v) is 6.42. The Balaban J connectivity index is 2.75. The van der Waals surface area contributed by atoms with Crippen LogP contribution >= 0.6 is 27.3 Å². The smallest absolute Gasteiger partial charge is 0.133 e. The number of halogens is 1. The van der Waals surface area contributed by atoms with Gasteiger partial charge in [0.2, 0.25) is 0 Å². The third-order valence-corrected chi connectivity index (χ3v) is 4.37. The van der Waals surface area contributed by atoms with Crippen LogP contribution in [0, 0.1) is 11.8 Å². The lowest BCUT2D eigenvalue weighted by atomic mass is 9.89. The van der Waals surface area contributed by atoms with Gasteiger partial charge < -0.3 is 0 Å². The molecule has 0 radical (unpaired) electrons. The summed E-state index contributed by atoms with van der Waals surface area (Å²) in [6, 6.07) is 2.04. The van der Waals surface area contributed by atoms with E-state index in [0.717, 1.165) is 10.9 Å². The molecule has 1 heterocycles. The van der Waals surface area contributed by atoms with Crippen LogP contribution in [-0.4, -0.2) is 5.78 Å². The number of hydrogen-bond acceptors (Lipinski definition) is 2. The Bertz CT molecular complexity index is 317. The zero-order valence-corrected chi connectivity index (χ0v) is 11.1. The summed E-state index contributed by atoms with van der Waals surface area (Å²) in [4.78, 5) is 12.7. The second-order valence-electron chi connectivity index (χ2n) is 3.86. The predicted molar refractivity (Wildman–Crippen MR) is 64.7 cm³/mol. The summed E-state index contributed by atoms with van der Waals surface area (Å²) in [6.45, 7) is 5.90. The molecule has 0 spiro atoms. The average Bonchev–Trinajstić information content (AvgIpc) is 2.46. The van der Waals surface area contributed by atoms with Crippen molar-refractivity contribution in [3.8, 4) is 0 Å². The molecule has 1 aromatic rings. The fraction of sp³-hybridized carbons (Fsp3) is 0.545. The fourth-order valence-corrected chi connectivity index (χ4v) is 3.09. The van der Waals surface area contributed by atoms with E-state index in [0.29, 0.717) is 11.7 Å². The summed E-state index contributed by atoms with van der Waals surface area (Å²) in [5.41, 5.74) is 0. The van der Waals surface area contributed by atoms with Gasteiger partial charge in [-0.1, -0.05) is 13.8 Å². The maximum absolute atomic E-state index is 11.4. The molecule has 78 valence electrons. The zero-order valence-electron chi connectivity index (χ0n) is 8.71. The summed E-state index contributed by atoms with van der Waals surface area (Å²) in [5, 5.41) is 2.05. The Kier molecular flexibility index (Phi) is 4.32. The minimum absolute atomic E-state index is 0.157. The highest BCUT2D eigenvalue weighted by Crippen LogP contribution is 2.28. The first-order valence-electron chi connectivity index (χ1n) is 4.74. The number of ketones is 1. The molecule has 0 aromatic carbocycles. The summed E-state index contributed by atoms with van der Waals surface area (Å²) in [5.74, 6) is 0.867. The fourth-order valence-electron chi connectivity index (χ4n) is 1.52. The van der Waals surface area contributed by atoms with Gasteiger partial charge in [0.25, 0.3) is 0 Å². The minimum atomic E-state index is 0.157. The molecule has 0 aliphatic rings. The molecule has 0 saturated heterocycles. The molecule has 0 fully saturated rings. The van der Waals surface area contributed by atoms with Gasteiger partial charge in [0.1, 0.15) is 5.78 Å². The number of rotatable bonds is 4. The molecule has 0 aliphatic heterocycles. The van der Waals surface area contributed by atoms with Crippen molar-refractivity contribution in [2.24, 2.45) is 11.8 Å². The maximum atomic E-state index is 11.4.